The Morgan fingerprint density at radius 2 is 2.17 bits per heavy atom. The Balaban J connectivity index is 2.17. The largest absolute Gasteiger partial charge is 0.504 e. The molecule has 3 rings (SSSR count). The highest BCUT2D eigenvalue weighted by molar-refractivity contribution is 5.93. The minimum absolute atomic E-state index is 0.133. The highest BCUT2D eigenvalue weighted by atomic mass is 16.5. The van der Waals surface area contributed by atoms with E-state index in [1.807, 2.05) is 24.4 Å². The normalized spacial score (nSPS) is 10.7. The molecule has 0 amide bonds. The van der Waals surface area contributed by atoms with Gasteiger partial charge in [-0.15, -0.1) is 0 Å². The first-order chi connectivity index (χ1) is 8.79. The van der Waals surface area contributed by atoms with Crippen molar-refractivity contribution < 1.29 is 9.84 Å². The van der Waals surface area contributed by atoms with Crippen LogP contribution in [-0.4, -0.2) is 22.2 Å². The summed E-state index contributed by atoms with van der Waals surface area (Å²) in [6.07, 6.45) is 3.63. The molecule has 2 heterocycles. The molecule has 90 valence electrons. The average Bonchev–Trinajstić information content (AvgIpc) is 2.82. The lowest BCUT2D eigenvalue weighted by Crippen LogP contribution is -1.84. The molecule has 2 N–H and O–H groups in total. The smallest absolute Gasteiger partial charge is 0.160 e. The van der Waals surface area contributed by atoms with Crippen LogP contribution in [0.3, 0.4) is 0 Å². The number of benzene rings is 1. The third kappa shape index (κ3) is 1.59. The van der Waals surface area contributed by atoms with E-state index in [1.165, 1.54) is 7.11 Å². The summed E-state index contributed by atoms with van der Waals surface area (Å²) in [7, 11) is 1.53. The Hall–Kier alpha value is -2.49. The fraction of sp³-hybridized carbons (Fsp3) is 0.0714. The first-order valence-corrected chi connectivity index (χ1v) is 5.59. The van der Waals surface area contributed by atoms with Gasteiger partial charge in [-0.25, -0.2) is 4.98 Å². The van der Waals surface area contributed by atoms with Gasteiger partial charge in [-0.1, -0.05) is 6.07 Å². The summed E-state index contributed by atoms with van der Waals surface area (Å²) in [6, 6.07) is 9.24. The fourth-order valence-corrected chi connectivity index (χ4v) is 2.05. The monoisotopic (exact) mass is 240 g/mol. The van der Waals surface area contributed by atoms with Crippen molar-refractivity contribution in [2.45, 2.75) is 0 Å². The van der Waals surface area contributed by atoms with Gasteiger partial charge in [0.15, 0.2) is 11.5 Å². The van der Waals surface area contributed by atoms with Gasteiger partial charge >= 0.3 is 0 Å². The number of H-pyrrole nitrogens is 1. The van der Waals surface area contributed by atoms with Crippen LogP contribution >= 0.6 is 0 Å². The number of aromatic amines is 1. The molecule has 0 aliphatic carbocycles. The van der Waals surface area contributed by atoms with Crippen molar-refractivity contribution >= 4 is 11.0 Å². The maximum atomic E-state index is 9.81. The summed E-state index contributed by atoms with van der Waals surface area (Å²) in [5.41, 5.74) is 2.77. The van der Waals surface area contributed by atoms with E-state index in [0.29, 0.717) is 5.75 Å². The number of aromatic hydroxyl groups is 1. The van der Waals surface area contributed by atoms with Gasteiger partial charge in [0.1, 0.15) is 5.65 Å². The number of nitrogens with zero attached hydrogens (tertiary/aromatic N) is 1. The van der Waals surface area contributed by atoms with E-state index < -0.39 is 0 Å². The number of pyridine rings is 1. The lowest BCUT2D eigenvalue weighted by Gasteiger charge is -2.05. The van der Waals surface area contributed by atoms with Crippen LogP contribution in [0.1, 0.15) is 0 Å². The zero-order valence-electron chi connectivity index (χ0n) is 9.84. The lowest BCUT2D eigenvalue weighted by molar-refractivity contribution is 0.373. The van der Waals surface area contributed by atoms with Gasteiger partial charge in [-0.2, -0.15) is 0 Å². The molecule has 0 unspecified atom stereocenters. The highest BCUT2D eigenvalue weighted by Crippen LogP contribution is 2.34. The Kier molecular flexibility index (Phi) is 2.41. The lowest BCUT2D eigenvalue weighted by atomic mass is 10.1. The van der Waals surface area contributed by atoms with E-state index in [9.17, 15) is 5.11 Å². The molecule has 2 aromatic heterocycles. The van der Waals surface area contributed by atoms with E-state index in [0.717, 1.165) is 22.2 Å². The molecule has 1 aromatic carbocycles. The molecule has 3 aromatic rings. The van der Waals surface area contributed by atoms with Crippen LogP contribution in [0.2, 0.25) is 0 Å². The molecule has 0 bridgehead atoms. The molecule has 0 radical (unpaired) electrons. The Labute approximate surface area is 104 Å². The number of rotatable bonds is 2. The number of hydrogen-bond donors (Lipinski definition) is 2. The molecule has 18 heavy (non-hydrogen) atoms. The molecule has 0 saturated carbocycles. The maximum Gasteiger partial charge on any atom is 0.160 e. The topological polar surface area (TPSA) is 58.1 Å². The van der Waals surface area contributed by atoms with Crippen LogP contribution in [0.25, 0.3) is 22.2 Å². The molecular formula is C14H12N2O2. The molecule has 4 heteroatoms. The van der Waals surface area contributed by atoms with Crippen LogP contribution < -0.4 is 4.74 Å². The van der Waals surface area contributed by atoms with Crippen LogP contribution in [0, 0.1) is 0 Å². The summed E-state index contributed by atoms with van der Waals surface area (Å²) in [4.78, 5) is 7.35. The Bertz CT molecular complexity index is 704. The molecule has 4 nitrogen and oxygen atoms in total. The van der Waals surface area contributed by atoms with Crippen molar-refractivity contribution in [3.8, 4) is 22.6 Å². The molecule has 0 atom stereocenters. The summed E-state index contributed by atoms with van der Waals surface area (Å²) < 4.78 is 5.03. The predicted molar refractivity (Wildman–Crippen MR) is 69.7 cm³/mol. The first kappa shape index (κ1) is 10.7. The summed E-state index contributed by atoms with van der Waals surface area (Å²) in [6.45, 7) is 0. The standard InChI is InChI=1S/C14H12N2O2/c1-18-13-5-4-9(7-12(13)17)11-8-16-14-10(11)3-2-6-15-14/h2-8,17H,1H3,(H,15,16). The van der Waals surface area contributed by atoms with Crippen LogP contribution in [0.5, 0.6) is 11.5 Å². The van der Waals surface area contributed by atoms with E-state index in [-0.39, 0.29) is 5.75 Å². The zero-order valence-corrected chi connectivity index (χ0v) is 9.84. The van der Waals surface area contributed by atoms with Gasteiger partial charge in [0.05, 0.1) is 7.11 Å². The summed E-state index contributed by atoms with van der Waals surface area (Å²) >= 11 is 0. The minimum atomic E-state index is 0.133. The average molecular weight is 240 g/mol. The Morgan fingerprint density at radius 1 is 1.28 bits per heavy atom. The van der Waals surface area contributed by atoms with Gasteiger partial charge in [0.25, 0.3) is 0 Å². The van der Waals surface area contributed by atoms with Crippen molar-refractivity contribution in [1.82, 2.24) is 9.97 Å². The van der Waals surface area contributed by atoms with Gasteiger partial charge in [-0.3, -0.25) is 0 Å². The van der Waals surface area contributed by atoms with Gasteiger partial charge < -0.3 is 14.8 Å². The quantitative estimate of drug-likeness (QED) is 0.724. The van der Waals surface area contributed by atoms with E-state index in [2.05, 4.69) is 9.97 Å². The van der Waals surface area contributed by atoms with Gasteiger partial charge in [0.2, 0.25) is 0 Å². The van der Waals surface area contributed by atoms with Crippen LogP contribution in [0.15, 0.2) is 42.7 Å². The van der Waals surface area contributed by atoms with E-state index in [1.54, 1.807) is 18.3 Å². The van der Waals surface area contributed by atoms with Gasteiger partial charge in [-0.05, 0) is 29.8 Å². The fourth-order valence-electron chi connectivity index (χ4n) is 2.05. The summed E-state index contributed by atoms with van der Waals surface area (Å²) in [5, 5.41) is 10.8. The number of phenolic OH excluding ortho intramolecular Hbond substituents is 1. The summed E-state index contributed by atoms with van der Waals surface area (Å²) in [5.74, 6) is 0.602. The molecule has 0 fully saturated rings. The van der Waals surface area contributed by atoms with E-state index in [4.69, 9.17) is 4.74 Å². The first-order valence-electron chi connectivity index (χ1n) is 5.59. The van der Waals surface area contributed by atoms with Crippen molar-refractivity contribution in [2.24, 2.45) is 0 Å². The SMILES string of the molecule is COc1ccc(-c2c[nH]c3ncccc23)cc1O. The number of phenols is 1. The predicted octanol–water partition coefficient (Wildman–Crippen LogP) is 2.94. The van der Waals surface area contributed by atoms with Crippen molar-refractivity contribution in [3.63, 3.8) is 0 Å². The van der Waals surface area contributed by atoms with Crippen molar-refractivity contribution in [1.29, 1.82) is 0 Å². The van der Waals surface area contributed by atoms with Crippen molar-refractivity contribution in [2.75, 3.05) is 7.11 Å². The number of fused-ring (bicyclic) bond motifs is 1. The van der Waals surface area contributed by atoms with E-state index >= 15 is 0 Å². The van der Waals surface area contributed by atoms with Crippen LogP contribution in [-0.2, 0) is 0 Å². The second-order valence-corrected chi connectivity index (χ2v) is 3.99. The molecule has 0 aliphatic rings. The van der Waals surface area contributed by atoms with Crippen molar-refractivity contribution in [3.05, 3.63) is 42.7 Å². The number of nitrogens with one attached hydrogen (secondary N) is 1. The number of hydrogen-bond acceptors (Lipinski definition) is 3. The Morgan fingerprint density at radius 3 is 2.94 bits per heavy atom. The molecular weight excluding hydrogens is 228 g/mol. The second kappa shape index (κ2) is 4.07. The molecule has 0 aliphatic heterocycles. The maximum absolute atomic E-state index is 9.81. The van der Waals surface area contributed by atoms with Gasteiger partial charge in [0, 0.05) is 23.3 Å². The molecule has 0 saturated heterocycles. The zero-order chi connectivity index (χ0) is 12.5. The third-order valence-electron chi connectivity index (χ3n) is 2.94. The third-order valence-corrected chi connectivity index (χ3v) is 2.94. The second-order valence-electron chi connectivity index (χ2n) is 3.99. The molecule has 0 spiro atoms. The highest BCUT2D eigenvalue weighted by Gasteiger charge is 2.09. The minimum Gasteiger partial charge on any atom is -0.504 e. The number of aromatic nitrogens is 2. The van der Waals surface area contributed by atoms with Crippen LogP contribution in [0.4, 0.5) is 0 Å². The number of methoxy groups -OCH3 is 1. The number of ether oxygens (including phenoxy) is 1.